The summed E-state index contributed by atoms with van der Waals surface area (Å²) < 4.78 is 27.4. The molecule has 0 aliphatic heterocycles. The number of benzene rings is 2. The first-order valence-electron chi connectivity index (χ1n) is 8.30. The molecule has 122 valence electrons. The summed E-state index contributed by atoms with van der Waals surface area (Å²) in [5.41, 5.74) is 3.79. The molecule has 0 spiro atoms. The molecule has 0 unspecified atom stereocenters. The monoisotopic (exact) mass is 329 g/mol. The van der Waals surface area contributed by atoms with E-state index in [-0.39, 0.29) is 0 Å². The van der Waals surface area contributed by atoms with Crippen molar-refractivity contribution in [1.29, 1.82) is 0 Å². The Morgan fingerprint density at radius 1 is 0.913 bits per heavy atom. The smallest absolute Gasteiger partial charge is 0.211 e. The van der Waals surface area contributed by atoms with Gasteiger partial charge in [0.15, 0.2) is 0 Å². The molecule has 3 rings (SSSR count). The van der Waals surface area contributed by atoms with Crippen molar-refractivity contribution < 1.29 is 8.42 Å². The number of sulfonamides is 1. The highest BCUT2D eigenvalue weighted by Crippen LogP contribution is 2.24. The van der Waals surface area contributed by atoms with E-state index in [0.29, 0.717) is 11.4 Å². The van der Waals surface area contributed by atoms with E-state index in [1.165, 1.54) is 16.7 Å². The summed E-state index contributed by atoms with van der Waals surface area (Å²) in [5.74, 6) is 0. The maximum Gasteiger partial charge on any atom is 0.240 e. The molecule has 0 saturated carbocycles. The summed E-state index contributed by atoms with van der Waals surface area (Å²) in [4.78, 5) is 0.404. The number of hydrogen-bond acceptors (Lipinski definition) is 2. The van der Waals surface area contributed by atoms with Crippen molar-refractivity contribution in [2.45, 2.75) is 43.4 Å². The highest BCUT2D eigenvalue weighted by atomic mass is 32.2. The van der Waals surface area contributed by atoms with Crippen LogP contribution >= 0.6 is 0 Å². The maximum atomic E-state index is 12.4. The van der Waals surface area contributed by atoms with Crippen molar-refractivity contribution in [1.82, 2.24) is 4.72 Å². The first-order chi connectivity index (χ1) is 11.1. The molecule has 2 aromatic carbocycles. The highest BCUT2D eigenvalue weighted by molar-refractivity contribution is 7.89. The Balaban J connectivity index is 1.49. The molecule has 0 bridgehead atoms. The third kappa shape index (κ3) is 4.21. The van der Waals surface area contributed by atoms with E-state index in [0.717, 1.165) is 38.5 Å². The lowest BCUT2D eigenvalue weighted by atomic mass is 10.1. The second-order valence-corrected chi connectivity index (χ2v) is 7.89. The van der Waals surface area contributed by atoms with E-state index < -0.39 is 10.0 Å². The molecule has 1 aliphatic rings. The number of unbranched alkanes of at least 4 members (excludes halogenated alkanes) is 1. The lowest BCUT2D eigenvalue weighted by molar-refractivity contribution is 0.576. The van der Waals surface area contributed by atoms with Crippen molar-refractivity contribution in [3.05, 3.63) is 65.2 Å². The van der Waals surface area contributed by atoms with E-state index in [9.17, 15) is 8.42 Å². The van der Waals surface area contributed by atoms with E-state index in [1.54, 1.807) is 6.07 Å². The molecular weight excluding hydrogens is 306 g/mol. The quantitative estimate of drug-likeness (QED) is 0.791. The van der Waals surface area contributed by atoms with Crippen LogP contribution < -0.4 is 4.72 Å². The second-order valence-electron chi connectivity index (χ2n) is 6.12. The Kier molecular flexibility index (Phi) is 5.13. The minimum Gasteiger partial charge on any atom is -0.211 e. The predicted octanol–water partition coefficient (Wildman–Crippen LogP) is 3.48. The third-order valence-corrected chi connectivity index (χ3v) is 5.87. The Morgan fingerprint density at radius 2 is 1.70 bits per heavy atom. The van der Waals surface area contributed by atoms with Crippen LogP contribution in [0.3, 0.4) is 0 Å². The van der Waals surface area contributed by atoms with Gasteiger partial charge in [-0.25, -0.2) is 13.1 Å². The van der Waals surface area contributed by atoms with Gasteiger partial charge in [-0.3, -0.25) is 0 Å². The molecule has 0 atom stereocenters. The molecular formula is C19H23NO2S. The molecule has 2 aromatic rings. The number of nitrogens with one attached hydrogen (secondary N) is 1. The number of fused-ring (bicyclic) bond motifs is 1. The Bertz CT molecular complexity index is 754. The molecule has 0 radical (unpaired) electrons. The summed E-state index contributed by atoms with van der Waals surface area (Å²) in [6, 6.07) is 15.8. The lowest BCUT2D eigenvalue weighted by Crippen LogP contribution is -2.25. The van der Waals surface area contributed by atoms with Crippen LogP contribution in [0.2, 0.25) is 0 Å². The first kappa shape index (κ1) is 16.2. The zero-order valence-electron chi connectivity index (χ0n) is 13.3. The number of rotatable bonds is 7. The van der Waals surface area contributed by atoms with Crippen LogP contribution in [0.4, 0.5) is 0 Å². The van der Waals surface area contributed by atoms with Gasteiger partial charge in [0.25, 0.3) is 0 Å². The molecule has 0 saturated heterocycles. The van der Waals surface area contributed by atoms with Gasteiger partial charge in [-0.2, -0.15) is 0 Å². The van der Waals surface area contributed by atoms with Crippen molar-refractivity contribution in [2.75, 3.05) is 6.54 Å². The van der Waals surface area contributed by atoms with Gasteiger partial charge < -0.3 is 0 Å². The third-order valence-electron chi connectivity index (χ3n) is 4.41. The van der Waals surface area contributed by atoms with Crippen LogP contribution in [0.5, 0.6) is 0 Å². The van der Waals surface area contributed by atoms with Gasteiger partial charge in [-0.15, -0.1) is 0 Å². The van der Waals surface area contributed by atoms with E-state index >= 15 is 0 Å². The Morgan fingerprint density at radius 3 is 2.52 bits per heavy atom. The van der Waals surface area contributed by atoms with Crippen molar-refractivity contribution in [2.24, 2.45) is 0 Å². The molecule has 23 heavy (non-hydrogen) atoms. The average Bonchev–Trinajstić information content (AvgIpc) is 3.03. The topological polar surface area (TPSA) is 46.2 Å². The summed E-state index contributed by atoms with van der Waals surface area (Å²) in [7, 11) is -3.38. The van der Waals surface area contributed by atoms with Crippen molar-refractivity contribution in [3.8, 4) is 0 Å². The van der Waals surface area contributed by atoms with Gasteiger partial charge in [0.2, 0.25) is 10.0 Å². The Labute approximate surface area is 138 Å². The van der Waals surface area contributed by atoms with Crippen LogP contribution in [0.15, 0.2) is 53.4 Å². The summed E-state index contributed by atoms with van der Waals surface area (Å²) in [6.45, 7) is 0.492. The molecule has 0 fully saturated rings. The minimum absolute atomic E-state index is 0.404. The SMILES string of the molecule is O=S(=O)(NCCCCc1ccccc1)c1ccc2c(c1)CCC2. The van der Waals surface area contributed by atoms with E-state index in [2.05, 4.69) is 16.9 Å². The fourth-order valence-corrected chi connectivity index (χ4v) is 4.23. The normalized spacial score (nSPS) is 13.9. The summed E-state index contributed by atoms with van der Waals surface area (Å²) in [5, 5.41) is 0. The molecule has 0 heterocycles. The van der Waals surface area contributed by atoms with Crippen LogP contribution in [0.25, 0.3) is 0 Å². The van der Waals surface area contributed by atoms with Crippen LogP contribution in [-0.2, 0) is 29.3 Å². The lowest BCUT2D eigenvalue weighted by Gasteiger charge is -2.08. The molecule has 4 heteroatoms. The minimum atomic E-state index is -3.38. The predicted molar refractivity (Wildman–Crippen MR) is 93.0 cm³/mol. The van der Waals surface area contributed by atoms with Gasteiger partial charge in [-0.1, -0.05) is 36.4 Å². The fraction of sp³-hybridized carbons (Fsp3) is 0.368. The van der Waals surface area contributed by atoms with Crippen molar-refractivity contribution >= 4 is 10.0 Å². The molecule has 0 amide bonds. The zero-order chi connectivity index (χ0) is 16.1. The molecule has 3 nitrogen and oxygen atoms in total. The van der Waals surface area contributed by atoms with E-state index in [4.69, 9.17) is 0 Å². The van der Waals surface area contributed by atoms with Gasteiger partial charge in [0, 0.05) is 6.54 Å². The molecule has 1 N–H and O–H groups in total. The maximum absolute atomic E-state index is 12.4. The Hall–Kier alpha value is -1.65. The van der Waals surface area contributed by atoms with Crippen LogP contribution in [-0.4, -0.2) is 15.0 Å². The zero-order valence-corrected chi connectivity index (χ0v) is 14.1. The van der Waals surface area contributed by atoms with Gasteiger partial charge in [0.1, 0.15) is 0 Å². The standard InChI is InChI=1S/C19H23NO2S/c21-23(22,19-13-12-17-10-6-11-18(17)15-19)20-14-5-4-9-16-7-2-1-3-8-16/h1-3,7-8,12-13,15,20H,4-6,9-11,14H2. The average molecular weight is 329 g/mol. The van der Waals surface area contributed by atoms with Gasteiger partial charge in [-0.05, 0) is 67.3 Å². The number of aryl methyl sites for hydroxylation is 3. The summed E-state index contributed by atoms with van der Waals surface area (Å²) >= 11 is 0. The van der Waals surface area contributed by atoms with E-state index in [1.807, 2.05) is 30.3 Å². The van der Waals surface area contributed by atoms with Crippen LogP contribution in [0.1, 0.15) is 36.0 Å². The number of hydrogen-bond donors (Lipinski definition) is 1. The van der Waals surface area contributed by atoms with Gasteiger partial charge in [0.05, 0.1) is 4.90 Å². The van der Waals surface area contributed by atoms with Gasteiger partial charge >= 0.3 is 0 Å². The summed E-state index contributed by atoms with van der Waals surface area (Å²) in [6.07, 6.45) is 6.02. The largest absolute Gasteiger partial charge is 0.240 e. The highest BCUT2D eigenvalue weighted by Gasteiger charge is 2.17. The van der Waals surface area contributed by atoms with Crippen molar-refractivity contribution in [3.63, 3.8) is 0 Å². The molecule has 0 aromatic heterocycles. The molecule has 1 aliphatic carbocycles. The fourth-order valence-electron chi connectivity index (χ4n) is 3.10. The van der Waals surface area contributed by atoms with Crippen LogP contribution in [0, 0.1) is 0 Å². The first-order valence-corrected chi connectivity index (χ1v) is 9.79. The second kappa shape index (κ2) is 7.28.